The highest BCUT2D eigenvalue weighted by Crippen LogP contribution is 2.29. The molecule has 33 heavy (non-hydrogen) atoms. The van der Waals surface area contributed by atoms with Crippen LogP contribution in [0.5, 0.6) is 0 Å². The monoisotopic (exact) mass is 461 g/mol. The number of nitrogens with zero attached hydrogens (tertiary/aromatic N) is 3. The van der Waals surface area contributed by atoms with Crippen molar-refractivity contribution >= 4 is 38.7 Å². The summed E-state index contributed by atoms with van der Waals surface area (Å²) in [5, 5.41) is 1.82. The molecule has 5 N–H and O–H groups in total. The van der Waals surface area contributed by atoms with E-state index in [4.69, 9.17) is 5.73 Å². The number of hydrazine groups is 2. The fourth-order valence-electron chi connectivity index (χ4n) is 3.01. The summed E-state index contributed by atoms with van der Waals surface area (Å²) in [4.78, 5) is 10.7. The average molecular weight is 462 g/mol. The Hall–Kier alpha value is -4.15. The Kier molecular flexibility index (Phi) is 6.38. The Labute approximate surface area is 192 Å². The predicted octanol–water partition coefficient (Wildman–Crippen LogP) is 3.84. The minimum atomic E-state index is -3.82. The third kappa shape index (κ3) is 5.20. The molecule has 0 atom stereocenters. The molecule has 0 radical (unpaired) electrons. The van der Waals surface area contributed by atoms with Gasteiger partial charge in [-0.05, 0) is 43.3 Å². The number of sulfonamides is 1. The van der Waals surface area contributed by atoms with Gasteiger partial charge < -0.3 is 5.73 Å². The highest BCUT2D eigenvalue weighted by Gasteiger charge is 2.17. The van der Waals surface area contributed by atoms with Gasteiger partial charge in [0.25, 0.3) is 10.0 Å². The molecule has 0 amide bonds. The zero-order valence-corrected chi connectivity index (χ0v) is 18.6. The van der Waals surface area contributed by atoms with Crippen molar-refractivity contribution in [3.05, 3.63) is 96.8 Å². The largest absolute Gasteiger partial charge is 0.393 e. The molecule has 0 spiro atoms. The number of anilines is 5. The standard InChI is InChI=1S/C23H23N7O2S/c1-17-12-14-20(15-13-17)33(31,32)29-27-22-21(24)23(26-16-25-22)28-30(18-8-4-2-5-9-18)19-10-6-3-7-11-19/h2-16,29H,24H2,1H3,(H2,25,26,27,28). The van der Waals surface area contributed by atoms with Gasteiger partial charge in [-0.25, -0.2) is 18.4 Å². The highest BCUT2D eigenvalue weighted by molar-refractivity contribution is 7.89. The van der Waals surface area contributed by atoms with Crippen LogP contribution in [0.15, 0.2) is 96.2 Å². The lowest BCUT2D eigenvalue weighted by molar-refractivity contribution is 0.587. The lowest BCUT2D eigenvalue weighted by Gasteiger charge is -2.26. The van der Waals surface area contributed by atoms with E-state index in [1.165, 1.54) is 18.5 Å². The molecule has 0 bridgehead atoms. The summed E-state index contributed by atoms with van der Waals surface area (Å²) in [5.74, 6) is 0.416. The molecule has 0 aliphatic heterocycles. The maximum atomic E-state index is 12.6. The Balaban J connectivity index is 1.58. The zero-order valence-electron chi connectivity index (χ0n) is 17.8. The van der Waals surface area contributed by atoms with Crippen molar-refractivity contribution in [2.75, 3.05) is 21.6 Å². The third-order valence-electron chi connectivity index (χ3n) is 4.77. The number of nitrogen functional groups attached to an aromatic ring is 1. The molecule has 1 heterocycles. The number of hydrogen-bond donors (Lipinski definition) is 4. The molecule has 0 fully saturated rings. The van der Waals surface area contributed by atoms with Crippen LogP contribution in [0, 0.1) is 6.92 Å². The van der Waals surface area contributed by atoms with Crippen LogP contribution in [0.1, 0.15) is 5.56 Å². The molecule has 0 aliphatic carbocycles. The van der Waals surface area contributed by atoms with E-state index in [0.29, 0.717) is 5.82 Å². The van der Waals surface area contributed by atoms with Crippen LogP contribution < -0.4 is 26.4 Å². The maximum absolute atomic E-state index is 12.6. The Bertz CT molecular complexity index is 1280. The summed E-state index contributed by atoms with van der Waals surface area (Å²) < 4.78 is 25.2. The van der Waals surface area contributed by atoms with Crippen LogP contribution in [0.2, 0.25) is 0 Å². The highest BCUT2D eigenvalue weighted by atomic mass is 32.2. The van der Waals surface area contributed by atoms with Crippen molar-refractivity contribution in [1.82, 2.24) is 14.8 Å². The molecule has 0 saturated heterocycles. The van der Waals surface area contributed by atoms with Crippen LogP contribution >= 0.6 is 0 Å². The quantitative estimate of drug-likeness (QED) is 0.292. The smallest absolute Gasteiger partial charge is 0.257 e. The second kappa shape index (κ2) is 9.55. The van der Waals surface area contributed by atoms with E-state index in [1.807, 2.05) is 72.6 Å². The molecule has 9 nitrogen and oxygen atoms in total. The third-order valence-corrected chi connectivity index (χ3v) is 6.03. The van der Waals surface area contributed by atoms with E-state index in [0.717, 1.165) is 16.9 Å². The van der Waals surface area contributed by atoms with Gasteiger partial charge >= 0.3 is 0 Å². The molecule has 4 aromatic rings. The lowest BCUT2D eigenvalue weighted by atomic mass is 10.2. The van der Waals surface area contributed by atoms with Crippen LogP contribution in [-0.2, 0) is 10.0 Å². The van der Waals surface area contributed by atoms with Crippen molar-refractivity contribution < 1.29 is 8.42 Å². The van der Waals surface area contributed by atoms with Crippen molar-refractivity contribution in [1.29, 1.82) is 0 Å². The first-order valence-electron chi connectivity index (χ1n) is 10.1. The number of aromatic nitrogens is 2. The molecule has 168 valence electrons. The molecular weight excluding hydrogens is 438 g/mol. The van der Waals surface area contributed by atoms with Gasteiger partial charge in [-0.1, -0.05) is 54.1 Å². The Morgan fingerprint density at radius 1 is 0.788 bits per heavy atom. The number of benzene rings is 3. The first-order valence-corrected chi connectivity index (χ1v) is 11.5. The topological polar surface area (TPSA) is 125 Å². The van der Waals surface area contributed by atoms with E-state index in [1.54, 1.807) is 12.1 Å². The van der Waals surface area contributed by atoms with Gasteiger partial charge in [0.15, 0.2) is 11.6 Å². The molecule has 10 heteroatoms. The molecule has 0 unspecified atom stereocenters. The van der Waals surface area contributed by atoms with Crippen molar-refractivity contribution in [3.63, 3.8) is 0 Å². The molecule has 4 rings (SSSR count). The van der Waals surface area contributed by atoms with Gasteiger partial charge in [0.2, 0.25) is 0 Å². The number of nitrogens with two attached hydrogens (primary N) is 1. The summed E-state index contributed by atoms with van der Waals surface area (Å²) in [6.45, 7) is 1.88. The predicted molar refractivity (Wildman–Crippen MR) is 130 cm³/mol. The molecular formula is C23H23N7O2S. The average Bonchev–Trinajstić information content (AvgIpc) is 2.84. The number of aryl methyl sites for hydroxylation is 1. The number of hydrogen-bond acceptors (Lipinski definition) is 8. The summed E-state index contributed by atoms with van der Waals surface area (Å²) in [6.07, 6.45) is 1.29. The number of rotatable bonds is 8. The van der Waals surface area contributed by atoms with Crippen molar-refractivity contribution in [2.45, 2.75) is 11.8 Å². The van der Waals surface area contributed by atoms with Crippen LogP contribution in [0.3, 0.4) is 0 Å². The lowest BCUT2D eigenvalue weighted by Crippen LogP contribution is -2.31. The van der Waals surface area contributed by atoms with E-state index in [-0.39, 0.29) is 16.4 Å². The normalized spacial score (nSPS) is 11.1. The van der Waals surface area contributed by atoms with E-state index in [9.17, 15) is 8.42 Å². The van der Waals surface area contributed by atoms with Crippen molar-refractivity contribution in [2.24, 2.45) is 0 Å². The molecule has 3 aromatic carbocycles. The minimum Gasteiger partial charge on any atom is -0.393 e. The van der Waals surface area contributed by atoms with Crippen LogP contribution in [0.4, 0.5) is 28.7 Å². The maximum Gasteiger partial charge on any atom is 0.257 e. The Morgan fingerprint density at radius 3 is 1.91 bits per heavy atom. The van der Waals surface area contributed by atoms with Gasteiger partial charge in [0.05, 0.1) is 16.3 Å². The molecule has 0 aliphatic rings. The first kappa shape index (κ1) is 22.1. The van der Waals surface area contributed by atoms with Crippen LogP contribution in [0.25, 0.3) is 0 Å². The minimum absolute atomic E-state index is 0.115. The second-order valence-electron chi connectivity index (χ2n) is 7.15. The zero-order chi connectivity index (χ0) is 23.3. The van der Waals surface area contributed by atoms with E-state index >= 15 is 0 Å². The van der Waals surface area contributed by atoms with Gasteiger partial charge in [-0.2, -0.15) is 0 Å². The number of nitrogens with one attached hydrogen (secondary N) is 3. The van der Waals surface area contributed by atoms with E-state index in [2.05, 4.69) is 25.7 Å². The summed E-state index contributed by atoms with van der Waals surface area (Å²) in [7, 11) is -3.82. The van der Waals surface area contributed by atoms with Crippen LogP contribution in [-0.4, -0.2) is 18.4 Å². The van der Waals surface area contributed by atoms with Crippen molar-refractivity contribution in [3.8, 4) is 0 Å². The molecule has 0 saturated carbocycles. The summed E-state index contributed by atoms with van der Waals surface area (Å²) in [5.41, 5.74) is 14.9. The molecule has 1 aromatic heterocycles. The van der Waals surface area contributed by atoms with Gasteiger partial charge in [-0.3, -0.25) is 15.9 Å². The SMILES string of the molecule is Cc1ccc(S(=O)(=O)NNc2ncnc(NN(c3ccccc3)c3ccccc3)c2N)cc1. The number of para-hydroxylation sites is 2. The summed E-state index contributed by atoms with van der Waals surface area (Å²) in [6, 6.07) is 25.8. The fourth-order valence-corrected chi connectivity index (χ4v) is 3.86. The summed E-state index contributed by atoms with van der Waals surface area (Å²) >= 11 is 0. The first-order chi connectivity index (χ1) is 15.9. The second-order valence-corrected chi connectivity index (χ2v) is 8.83. The Morgan fingerprint density at radius 2 is 1.33 bits per heavy atom. The van der Waals surface area contributed by atoms with Gasteiger partial charge in [0.1, 0.15) is 12.0 Å². The van der Waals surface area contributed by atoms with Gasteiger partial charge in [-0.15, -0.1) is 4.83 Å². The van der Waals surface area contributed by atoms with Gasteiger partial charge in [0, 0.05) is 0 Å². The fraction of sp³-hybridized carbons (Fsp3) is 0.0435. The van der Waals surface area contributed by atoms with E-state index < -0.39 is 10.0 Å².